The number of rotatable bonds is 4. The number of carbonyl (C=O) groups excluding carboxylic acids is 2. The van der Waals surface area contributed by atoms with E-state index in [9.17, 15) is 19.2 Å². The van der Waals surface area contributed by atoms with E-state index < -0.39 is 35.2 Å². The van der Waals surface area contributed by atoms with Gasteiger partial charge in [0, 0.05) is 26.5 Å². The molecule has 10 nitrogen and oxygen atoms in total. The van der Waals surface area contributed by atoms with Crippen LogP contribution in [0, 0.1) is 6.92 Å². The molecule has 10 heteroatoms. The fraction of sp³-hybridized carbons (Fsp3) is 0.235. The normalized spacial score (nSPS) is 10.9. The summed E-state index contributed by atoms with van der Waals surface area (Å²) in [4.78, 5) is 52.6. The third-order valence-electron chi connectivity index (χ3n) is 4.15. The number of ether oxygens (including phenoxy) is 1. The van der Waals surface area contributed by atoms with Gasteiger partial charge < -0.3 is 14.9 Å². The number of Topliss-reactive ketones (excluding diaryl/α,β-unsaturated/α-hetero) is 1. The summed E-state index contributed by atoms with van der Waals surface area (Å²) in [6, 6.07) is 3.64. The number of carbonyl (C=O) groups is 2. The Hall–Kier alpha value is -3.69. The van der Waals surface area contributed by atoms with Gasteiger partial charge in [-0.3, -0.25) is 18.7 Å². The first-order valence-electron chi connectivity index (χ1n) is 7.92. The summed E-state index contributed by atoms with van der Waals surface area (Å²) in [5.41, 5.74) is 5.35. The molecule has 3 aromatic heterocycles. The lowest BCUT2D eigenvalue weighted by Crippen LogP contribution is -2.42. The first-order chi connectivity index (χ1) is 12.7. The van der Waals surface area contributed by atoms with Crippen LogP contribution in [0.4, 0.5) is 5.82 Å². The van der Waals surface area contributed by atoms with Crippen molar-refractivity contribution in [2.75, 3.05) is 12.3 Å². The minimum atomic E-state index is -0.847. The molecule has 0 radical (unpaired) electrons. The fourth-order valence-electron chi connectivity index (χ4n) is 2.58. The molecule has 0 bridgehead atoms. The first-order valence-corrected chi connectivity index (χ1v) is 7.92. The van der Waals surface area contributed by atoms with Crippen molar-refractivity contribution in [1.29, 1.82) is 0 Å². The highest BCUT2D eigenvalue weighted by atomic mass is 16.5. The molecule has 0 fully saturated rings. The molecule has 0 spiro atoms. The Morgan fingerprint density at radius 3 is 2.63 bits per heavy atom. The van der Waals surface area contributed by atoms with Crippen molar-refractivity contribution in [2.45, 2.75) is 6.92 Å². The zero-order valence-corrected chi connectivity index (χ0v) is 14.9. The second kappa shape index (κ2) is 6.56. The van der Waals surface area contributed by atoms with Crippen molar-refractivity contribution in [2.24, 2.45) is 14.1 Å². The highest BCUT2D eigenvalue weighted by Crippen LogP contribution is 2.10. The van der Waals surface area contributed by atoms with Gasteiger partial charge in [0.15, 0.2) is 12.3 Å². The highest BCUT2D eigenvalue weighted by molar-refractivity contribution is 6.02. The van der Waals surface area contributed by atoms with E-state index in [1.807, 2.05) is 13.0 Å². The van der Waals surface area contributed by atoms with Crippen LogP contribution in [0.25, 0.3) is 5.65 Å². The number of esters is 1. The number of aromatic nitrogens is 4. The molecule has 3 heterocycles. The number of anilines is 1. The number of nitrogen functional groups attached to an aromatic ring is 1. The van der Waals surface area contributed by atoms with Gasteiger partial charge in [0.2, 0.25) is 5.78 Å². The zero-order valence-electron chi connectivity index (χ0n) is 14.9. The van der Waals surface area contributed by atoms with E-state index >= 15 is 0 Å². The Bertz CT molecular complexity index is 1200. The van der Waals surface area contributed by atoms with Crippen LogP contribution >= 0.6 is 0 Å². The lowest BCUT2D eigenvalue weighted by atomic mass is 10.2. The maximum absolute atomic E-state index is 12.3. The largest absolute Gasteiger partial charge is 0.453 e. The predicted molar refractivity (Wildman–Crippen MR) is 95.9 cm³/mol. The summed E-state index contributed by atoms with van der Waals surface area (Å²) < 4.78 is 8.35. The van der Waals surface area contributed by atoms with Crippen molar-refractivity contribution < 1.29 is 14.3 Å². The summed E-state index contributed by atoms with van der Waals surface area (Å²) >= 11 is 0. The van der Waals surface area contributed by atoms with Gasteiger partial charge in [-0.2, -0.15) is 0 Å². The maximum Gasteiger partial charge on any atom is 0.359 e. The van der Waals surface area contributed by atoms with Gasteiger partial charge in [-0.05, 0) is 24.6 Å². The summed E-state index contributed by atoms with van der Waals surface area (Å²) in [5, 5.41) is 0. The first kappa shape index (κ1) is 18.1. The standard InChI is InChI=1S/C17H17N5O5/c1-9-4-5-22-7-10(19-12(22)6-9)16(25)27-8-11(23)13-14(18)20(2)17(26)21(3)15(13)24/h4-7H,8,18H2,1-3H3. The maximum atomic E-state index is 12.3. The number of pyridine rings is 1. The number of fused-ring (bicyclic) bond motifs is 1. The van der Waals surface area contributed by atoms with Crippen molar-refractivity contribution >= 4 is 23.2 Å². The van der Waals surface area contributed by atoms with E-state index in [1.165, 1.54) is 20.3 Å². The summed E-state index contributed by atoms with van der Waals surface area (Å²) in [6.45, 7) is 1.19. The monoisotopic (exact) mass is 371 g/mol. The number of imidazole rings is 1. The number of hydrogen-bond acceptors (Lipinski definition) is 7. The quantitative estimate of drug-likeness (QED) is 0.490. The Morgan fingerprint density at radius 2 is 1.93 bits per heavy atom. The second-order valence-electron chi connectivity index (χ2n) is 6.06. The van der Waals surface area contributed by atoms with Crippen molar-refractivity contribution in [1.82, 2.24) is 18.5 Å². The van der Waals surface area contributed by atoms with Crippen LogP contribution in [-0.4, -0.2) is 36.9 Å². The molecule has 0 saturated heterocycles. The minimum Gasteiger partial charge on any atom is -0.453 e. The SMILES string of the molecule is Cc1ccn2cc(C(=O)OCC(=O)c3c(N)n(C)c(=O)n(C)c3=O)nc2c1. The number of hydrogen-bond donors (Lipinski definition) is 1. The lowest BCUT2D eigenvalue weighted by molar-refractivity contribution is 0.0469. The molecule has 0 unspecified atom stereocenters. The van der Waals surface area contributed by atoms with Gasteiger partial charge in [0.25, 0.3) is 5.56 Å². The Balaban J connectivity index is 1.82. The van der Waals surface area contributed by atoms with Gasteiger partial charge in [0.05, 0.1) is 0 Å². The van der Waals surface area contributed by atoms with E-state index in [4.69, 9.17) is 10.5 Å². The molecule has 0 aliphatic heterocycles. The Kier molecular flexibility index (Phi) is 4.40. The molecule has 0 aliphatic rings. The van der Waals surface area contributed by atoms with Crippen LogP contribution in [0.3, 0.4) is 0 Å². The molecule has 0 atom stereocenters. The molecule has 27 heavy (non-hydrogen) atoms. The van der Waals surface area contributed by atoms with Crippen molar-refractivity contribution in [3.05, 3.63) is 62.2 Å². The number of nitrogens with zero attached hydrogens (tertiary/aromatic N) is 4. The summed E-state index contributed by atoms with van der Waals surface area (Å²) in [7, 11) is 2.56. The second-order valence-corrected chi connectivity index (χ2v) is 6.06. The fourth-order valence-corrected chi connectivity index (χ4v) is 2.58. The topological polar surface area (TPSA) is 131 Å². The van der Waals surface area contributed by atoms with Crippen LogP contribution < -0.4 is 17.0 Å². The lowest BCUT2D eigenvalue weighted by Gasteiger charge is -2.10. The molecule has 0 saturated carbocycles. The predicted octanol–water partition coefficient (Wildman–Crippen LogP) is -0.338. The summed E-state index contributed by atoms with van der Waals surface area (Å²) in [6.07, 6.45) is 3.22. The molecule has 0 amide bonds. The van der Waals surface area contributed by atoms with Crippen molar-refractivity contribution in [3.8, 4) is 0 Å². The Morgan fingerprint density at radius 1 is 1.22 bits per heavy atom. The smallest absolute Gasteiger partial charge is 0.359 e. The van der Waals surface area contributed by atoms with E-state index in [0.29, 0.717) is 5.65 Å². The average molecular weight is 371 g/mol. The molecule has 140 valence electrons. The van der Waals surface area contributed by atoms with Crippen LogP contribution in [0.1, 0.15) is 26.4 Å². The van der Waals surface area contributed by atoms with E-state index in [-0.39, 0.29) is 11.5 Å². The summed E-state index contributed by atoms with van der Waals surface area (Å²) in [5.74, 6) is -1.91. The third-order valence-corrected chi connectivity index (χ3v) is 4.15. The van der Waals surface area contributed by atoms with Gasteiger partial charge in [0.1, 0.15) is 17.0 Å². The van der Waals surface area contributed by atoms with E-state index in [1.54, 1.807) is 16.7 Å². The molecule has 3 rings (SSSR count). The van der Waals surface area contributed by atoms with Crippen LogP contribution in [0.2, 0.25) is 0 Å². The highest BCUT2D eigenvalue weighted by Gasteiger charge is 2.22. The molecule has 3 aromatic rings. The number of nitrogens with two attached hydrogens (primary N) is 1. The molecule has 0 aromatic carbocycles. The number of ketones is 1. The van der Waals surface area contributed by atoms with Crippen LogP contribution in [0.5, 0.6) is 0 Å². The van der Waals surface area contributed by atoms with Crippen molar-refractivity contribution in [3.63, 3.8) is 0 Å². The van der Waals surface area contributed by atoms with Gasteiger partial charge >= 0.3 is 11.7 Å². The number of aryl methyl sites for hydroxylation is 1. The molecule has 0 aliphatic carbocycles. The van der Waals surface area contributed by atoms with E-state index in [2.05, 4.69) is 4.98 Å². The van der Waals surface area contributed by atoms with E-state index in [0.717, 1.165) is 14.7 Å². The van der Waals surface area contributed by atoms with Gasteiger partial charge in [-0.25, -0.2) is 14.6 Å². The van der Waals surface area contributed by atoms with Crippen LogP contribution in [-0.2, 0) is 18.8 Å². The van der Waals surface area contributed by atoms with Gasteiger partial charge in [-0.1, -0.05) is 0 Å². The van der Waals surface area contributed by atoms with Gasteiger partial charge in [-0.15, -0.1) is 0 Å². The molecule has 2 N–H and O–H groups in total. The Labute approximate surface area is 152 Å². The third kappa shape index (κ3) is 3.12. The molecular weight excluding hydrogens is 354 g/mol. The molecular formula is C17H17N5O5. The minimum absolute atomic E-state index is 0.0229. The average Bonchev–Trinajstić information content (AvgIpc) is 3.06. The van der Waals surface area contributed by atoms with Crippen LogP contribution in [0.15, 0.2) is 34.1 Å². The zero-order chi connectivity index (χ0) is 19.9.